The highest BCUT2D eigenvalue weighted by molar-refractivity contribution is 6.64. The Hall–Kier alpha value is -1.44. The minimum Gasteiger partial charge on any atom is -0.399 e. The number of carbonyl (C=O) groups is 1. The Morgan fingerprint density at radius 1 is 1.27 bits per heavy atom. The summed E-state index contributed by atoms with van der Waals surface area (Å²) in [6.07, 6.45) is 0. The van der Waals surface area contributed by atoms with E-state index in [9.17, 15) is 9.18 Å². The van der Waals surface area contributed by atoms with Crippen LogP contribution in [0.1, 0.15) is 27.7 Å². The van der Waals surface area contributed by atoms with Crippen molar-refractivity contribution in [3.8, 4) is 0 Å². The number of halogens is 1. The predicted octanol–water partition coefficient (Wildman–Crippen LogP) is 1.71. The fourth-order valence-corrected chi connectivity index (χ4v) is 2.13. The van der Waals surface area contributed by atoms with Crippen LogP contribution in [0.2, 0.25) is 0 Å². The first kappa shape index (κ1) is 16.9. The van der Waals surface area contributed by atoms with Gasteiger partial charge in [0.25, 0.3) is 0 Å². The van der Waals surface area contributed by atoms with Crippen LogP contribution in [-0.4, -0.2) is 37.9 Å². The minimum absolute atomic E-state index is 0.0832. The molecule has 1 fully saturated rings. The van der Waals surface area contributed by atoms with Crippen molar-refractivity contribution in [1.29, 1.82) is 0 Å². The number of carbonyl (C=O) groups excluding carboxylic acids is 1. The second-order valence-electron chi connectivity index (χ2n) is 6.30. The van der Waals surface area contributed by atoms with Gasteiger partial charge in [-0.05, 0) is 45.9 Å². The van der Waals surface area contributed by atoms with E-state index in [1.807, 2.05) is 27.7 Å². The Morgan fingerprint density at radius 3 is 2.41 bits per heavy atom. The molecule has 0 bridgehead atoms. The maximum Gasteiger partial charge on any atom is 0.497 e. The quantitative estimate of drug-likeness (QED) is 0.860. The summed E-state index contributed by atoms with van der Waals surface area (Å²) in [4.78, 5) is 11.7. The van der Waals surface area contributed by atoms with E-state index in [0.717, 1.165) is 0 Å². The molecule has 0 spiro atoms. The van der Waals surface area contributed by atoms with Crippen molar-refractivity contribution in [2.24, 2.45) is 0 Å². The molecule has 1 saturated heterocycles. The van der Waals surface area contributed by atoms with Gasteiger partial charge in [-0.1, -0.05) is 0 Å². The van der Waals surface area contributed by atoms with Crippen molar-refractivity contribution in [3.63, 3.8) is 0 Å². The lowest BCUT2D eigenvalue weighted by Gasteiger charge is -2.32. The van der Waals surface area contributed by atoms with Gasteiger partial charge in [0.15, 0.2) is 0 Å². The van der Waals surface area contributed by atoms with Crippen LogP contribution in [0.15, 0.2) is 18.2 Å². The van der Waals surface area contributed by atoms with Gasteiger partial charge in [0.1, 0.15) is 12.4 Å². The largest absolute Gasteiger partial charge is 0.497 e. The average molecular weight is 309 g/mol. The first-order valence-corrected chi connectivity index (χ1v) is 7.10. The van der Waals surface area contributed by atoms with Crippen molar-refractivity contribution >= 4 is 24.2 Å². The normalized spacial score (nSPS) is 19.3. The Labute approximate surface area is 130 Å². The molecule has 7 heteroatoms. The number of benzene rings is 1. The van der Waals surface area contributed by atoms with E-state index in [4.69, 9.17) is 14.0 Å². The van der Waals surface area contributed by atoms with E-state index in [1.165, 1.54) is 25.3 Å². The Bertz CT molecular complexity index is 561. The number of methoxy groups -OCH3 is 1. The fourth-order valence-electron chi connectivity index (χ4n) is 2.13. The second kappa shape index (κ2) is 5.99. The first-order chi connectivity index (χ1) is 10.2. The SMILES string of the molecule is COCC(=O)Nc1ccc(F)cc1B1OC(C)(C)C(C)(C)O1. The average Bonchev–Trinajstić information content (AvgIpc) is 2.61. The molecule has 1 N–H and O–H groups in total. The molecule has 120 valence electrons. The fraction of sp³-hybridized carbons (Fsp3) is 0.533. The summed E-state index contributed by atoms with van der Waals surface area (Å²) in [6, 6.07) is 4.07. The zero-order valence-corrected chi connectivity index (χ0v) is 13.5. The molecule has 1 aliphatic heterocycles. The first-order valence-electron chi connectivity index (χ1n) is 7.10. The highest BCUT2D eigenvalue weighted by atomic mass is 19.1. The van der Waals surface area contributed by atoms with Gasteiger partial charge in [0.05, 0.1) is 11.2 Å². The maximum absolute atomic E-state index is 13.6. The van der Waals surface area contributed by atoms with Crippen molar-refractivity contribution < 1.29 is 23.2 Å². The second-order valence-corrected chi connectivity index (χ2v) is 6.30. The highest BCUT2D eigenvalue weighted by Crippen LogP contribution is 2.37. The van der Waals surface area contributed by atoms with Gasteiger partial charge >= 0.3 is 7.12 Å². The molecule has 2 rings (SSSR count). The molecule has 22 heavy (non-hydrogen) atoms. The third-order valence-electron chi connectivity index (χ3n) is 4.07. The molecule has 0 unspecified atom stereocenters. The number of ether oxygens (including phenoxy) is 1. The Morgan fingerprint density at radius 2 is 1.86 bits per heavy atom. The summed E-state index contributed by atoms with van der Waals surface area (Å²) in [5.41, 5.74) is -0.194. The topological polar surface area (TPSA) is 56.8 Å². The van der Waals surface area contributed by atoms with Crippen LogP contribution in [0, 0.1) is 5.82 Å². The lowest BCUT2D eigenvalue weighted by atomic mass is 9.77. The van der Waals surface area contributed by atoms with Crippen molar-refractivity contribution in [2.45, 2.75) is 38.9 Å². The molecule has 1 aromatic carbocycles. The summed E-state index contributed by atoms with van der Waals surface area (Å²) >= 11 is 0. The molecule has 1 aliphatic rings. The van der Waals surface area contributed by atoms with E-state index < -0.39 is 24.1 Å². The van der Waals surface area contributed by atoms with Crippen molar-refractivity contribution in [3.05, 3.63) is 24.0 Å². The number of amides is 1. The van der Waals surface area contributed by atoms with E-state index in [0.29, 0.717) is 11.2 Å². The minimum atomic E-state index is -0.751. The zero-order valence-electron chi connectivity index (χ0n) is 13.5. The van der Waals surface area contributed by atoms with Crippen LogP contribution in [0.4, 0.5) is 10.1 Å². The van der Waals surface area contributed by atoms with Gasteiger partial charge in [-0.15, -0.1) is 0 Å². The molecule has 0 aromatic heterocycles. The lowest BCUT2D eigenvalue weighted by molar-refractivity contribution is -0.119. The van der Waals surface area contributed by atoms with Crippen LogP contribution >= 0.6 is 0 Å². The lowest BCUT2D eigenvalue weighted by Crippen LogP contribution is -2.41. The molecule has 0 radical (unpaired) electrons. The van der Waals surface area contributed by atoms with E-state index in [-0.39, 0.29) is 12.5 Å². The molecule has 0 saturated carbocycles. The highest BCUT2D eigenvalue weighted by Gasteiger charge is 2.52. The molecular formula is C15H21BFNO4. The van der Waals surface area contributed by atoms with Gasteiger partial charge in [-0.2, -0.15) is 0 Å². The molecular weight excluding hydrogens is 288 g/mol. The maximum atomic E-state index is 13.6. The van der Waals surface area contributed by atoms with Crippen LogP contribution in [0.5, 0.6) is 0 Å². The van der Waals surface area contributed by atoms with Crippen LogP contribution < -0.4 is 10.8 Å². The van der Waals surface area contributed by atoms with Gasteiger partial charge in [0.2, 0.25) is 5.91 Å². The molecule has 0 aliphatic carbocycles. The summed E-state index contributed by atoms with van der Waals surface area (Å²) in [6.45, 7) is 7.57. The number of rotatable bonds is 4. The van der Waals surface area contributed by atoms with E-state index in [2.05, 4.69) is 5.32 Å². The molecule has 5 nitrogen and oxygen atoms in total. The molecule has 1 amide bonds. The smallest absolute Gasteiger partial charge is 0.399 e. The van der Waals surface area contributed by atoms with Gasteiger partial charge in [0, 0.05) is 18.3 Å². The zero-order chi connectivity index (χ0) is 16.5. The van der Waals surface area contributed by atoms with Crippen molar-refractivity contribution in [2.75, 3.05) is 19.0 Å². The number of nitrogens with one attached hydrogen (secondary N) is 1. The summed E-state index contributed by atoms with van der Waals surface area (Å²) < 4.78 is 30.2. The van der Waals surface area contributed by atoms with Crippen LogP contribution in [0.25, 0.3) is 0 Å². The molecule has 1 heterocycles. The number of anilines is 1. The Balaban J connectivity index is 2.31. The third kappa shape index (κ3) is 3.32. The van der Waals surface area contributed by atoms with E-state index >= 15 is 0 Å². The van der Waals surface area contributed by atoms with Gasteiger partial charge < -0.3 is 19.4 Å². The summed E-state index contributed by atoms with van der Waals surface area (Å²) in [5.74, 6) is -0.749. The summed E-state index contributed by atoms with van der Waals surface area (Å²) in [5, 5.41) is 2.68. The molecule has 1 aromatic rings. The predicted molar refractivity (Wildman–Crippen MR) is 82.6 cm³/mol. The molecule has 0 atom stereocenters. The van der Waals surface area contributed by atoms with Crippen LogP contribution in [0.3, 0.4) is 0 Å². The van der Waals surface area contributed by atoms with Crippen LogP contribution in [-0.2, 0) is 18.8 Å². The van der Waals surface area contributed by atoms with E-state index in [1.54, 1.807) is 0 Å². The van der Waals surface area contributed by atoms with Gasteiger partial charge in [-0.3, -0.25) is 4.79 Å². The number of hydrogen-bond acceptors (Lipinski definition) is 4. The monoisotopic (exact) mass is 309 g/mol. The third-order valence-corrected chi connectivity index (χ3v) is 4.07. The van der Waals surface area contributed by atoms with Gasteiger partial charge in [-0.25, -0.2) is 4.39 Å². The summed E-state index contributed by atoms with van der Waals surface area (Å²) in [7, 11) is 0.679. The standard InChI is InChI=1S/C15H21BFNO4/c1-14(2)15(3,4)22-16(21-14)11-8-10(17)6-7-12(11)18-13(19)9-20-5/h6-8H,9H2,1-5H3,(H,18,19). The van der Waals surface area contributed by atoms with Crippen molar-refractivity contribution in [1.82, 2.24) is 0 Å². The number of hydrogen-bond donors (Lipinski definition) is 1. The Kier molecular flexibility index (Phi) is 4.61.